The van der Waals surface area contributed by atoms with Crippen molar-refractivity contribution >= 4 is 16.8 Å². The van der Waals surface area contributed by atoms with E-state index in [9.17, 15) is 9.90 Å². The largest absolute Gasteiger partial charge is 0.491 e. The van der Waals surface area contributed by atoms with Crippen molar-refractivity contribution in [2.45, 2.75) is 20.0 Å². The molecule has 0 saturated carbocycles. The van der Waals surface area contributed by atoms with Crippen molar-refractivity contribution in [2.75, 3.05) is 18.5 Å². The first-order chi connectivity index (χ1) is 12.0. The monoisotopic (exact) mass is 340 g/mol. The third-order valence-corrected chi connectivity index (χ3v) is 4.05. The van der Waals surface area contributed by atoms with Crippen molar-refractivity contribution in [2.24, 2.45) is 0 Å². The summed E-state index contributed by atoms with van der Waals surface area (Å²) in [6.45, 7) is 4.07. The normalized spacial score (nSPS) is 12.1. The van der Waals surface area contributed by atoms with E-state index in [4.69, 9.17) is 9.15 Å². The highest BCUT2D eigenvalue weighted by Crippen LogP contribution is 2.23. The molecule has 0 spiro atoms. The molecule has 0 amide bonds. The first-order valence-corrected chi connectivity index (χ1v) is 8.04. The lowest BCUT2D eigenvalue weighted by atomic mass is 10.1. The van der Waals surface area contributed by atoms with Gasteiger partial charge in [0.15, 0.2) is 0 Å². The number of aryl methyl sites for hydroxylation is 1. The summed E-state index contributed by atoms with van der Waals surface area (Å²) in [4.78, 5) is 15.9. The van der Waals surface area contributed by atoms with Gasteiger partial charge in [0.25, 0.3) is 0 Å². The minimum absolute atomic E-state index is 0.112. The van der Waals surface area contributed by atoms with Crippen molar-refractivity contribution in [1.29, 1.82) is 0 Å². The van der Waals surface area contributed by atoms with E-state index in [0.717, 1.165) is 10.9 Å². The van der Waals surface area contributed by atoms with Crippen LogP contribution in [0.25, 0.3) is 11.0 Å². The minimum Gasteiger partial charge on any atom is -0.491 e. The van der Waals surface area contributed by atoms with Crippen LogP contribution in [0.3, 0.4) is 0 Å². The number of nitrogens with one attached hydrogen (secondary N) is 1. The van der Waals surface area contributed by atoms with Gasteiger partial charge in [-0.1, -0.05) is 6.07 Å². The third-order valence-electron chi connectivity index (χ3n) is 4.05. The number of aliphatic hydroxyl groups excluding tert-OH is 1. The van der Waals surface area contributed by atoms with E-state index in [0.29, 0.717) is 29.3 Å². The molecule has 0 aliphatic carbocycles. The predicted molar refractivity (Wildman–Crippen MR) is 96.2 cm³/mol. The Balaban J connectivity index is 1.63. The van der Waals surface area contributed by atoms with Gasteiger partial charge in [0, 0.05) is 29.8 Å². The minimum atomic E-state index is -0.704. The summed E-state index contributed by atoms with van der Waals surface area (Å²) in [7, 11) is 0. The summed E-state index contributed by atoms with van der Waals surface area (Å²) in [5.74, 6) is 1.23. The molecule has 1 unspecified atom stereocenters. The second-order valence-electron chi connectivity index (χ2n) is 5.86. The first kappa shape index (κ1) is 17.0. The van der Waals surface area contributed by atoms with Gasteiger partial charge in [-0.05, 0) is 43.7 Å². The van der Waals surface area contributed by atoms with Crippen LogP contribution in [0.1, 0.15) is 11.1 Å². The van der Waals surface area contributed by atoms with Gasteiger partial charge in [-0.15, -0.1) is 0 Å². The van der Waals surface area contributed by atoms with E-state index >= 15 is 0 Å². The lowest BCUT2D eigenvalue weighted by Gasteiger charge is -2.14. The molecule has 6 heteroatoms. The van der Waals surface area contributed by atoms with Crippen LogP contribution in [-0.4, -0.2) is 29.3 Å². The Hall–Kier alpha value is -2.86. The lowest BCUT2D eigenvalue weighted by molar-refractivity contribution is 0.117. The highest BCUT2D eigenvalue weighted by Gasteiger charge is 2.10. The summed E-state index contributed by atoms with van der Waals surface area (Å²) in [5, 5.41) is 13.9. The quantitative estimate of drug-likeness (QED) is 0.671. The number of nitrogens with zero attached hydrogens (tertiary/aromatic N) is 1. The zero-order valence-corrected chi connectivity index (χ0v) is 14.2. The summed E-state index contributed by atoms with van der Waals surface area (Å²) < 4.78 is 10.9. The van der Waals surface area contributed by atoms with Gasteiger partial charge in [-0.25, -0.2) is 9.78 Å². The maximum Gasteiger partial charge on any atom is 0.339 e. The smallest absolute Gasteiger partial charge is 0.339 e. The van der Waals surface area contributed by atoms with Gasteiger partial charge in [0.05, 0.1) is 0 Å². The van der Waals surface area contributed by atoms with Gasteiger partial charge in [-0.2, -0.15) is 0 Å². The molecule has 3 rings (SSSR count). The van der Waals surface area contributed by atoms with Crippen molar-refractivity contribution in [3.8, 4) is 5.75 Å². The SMILES string of the molecule is Cc1c(C)c2ccc(OCC(O)CNc3ccccn3)cc2oc1=O. The van der Waals surface area contributed by atoms with E-state index in [1.807, 2.05) is 31.2 Å². The van der Waals surface area contributed by atoms with Crippen LogP contribution in [-0.2, 0) is 0 Å². The second kappa shape index (κ2) is 7.36. The number of aliphatic hydroxyl groups is 1. The van der Waals surface area contributed by atoms with E-state index < -0.39 is 6.10 Å². The van der Waals surface area contributed by atoms with E-state index in [1.54, 1.807) is 25.3 Å². The molecule has 0 bridgehead atoms. The number of aromatic nitrogens is 1. The fourth-order valence-electron chi connectivity index (χ4n) is 2.46. The highest BCUT2D eigenvalue weighted by atomic mass is 16.5. The van der Waals surface area contributed by atoms with Crippen LogP contribution in [0.15, 0.2) is 51.8 Å². The Morgan fingerprint density at radius 1 is 1.24 bits per heavy atom. The Morgan fingerprint density at radius 2 is 2.08 bits per heavy atom. The van der Waals surface area contributed by atoms with Crippen LogP contribution < -0.4 is 15.7 Å². The summed E-state index contributed by atoms with van der Waals surface area (Å²) in [6, 6.07) is 10.8. The Labute approximate surface area is 145 Å². The zero-order chi connectivity index (χ0) is 17.8. The number of rotatable bonds is 6. The van der Waals surface area contributed by atoms with E-state index in [2.05, 4.69) is 10.3 Å². The number of hydrogen-bond donors (Lipinski definition) is 2. The maximum absolute atomic E-state index is 11.8. The zero-order valence-electron chi connectivity index (χ0n) is 14.2. The van der Waals surface area contributed by atoms with Crippen LogP contribution in [0, 0.1) is 13.8 Å². The molecule has 0 aliphatic rings. The third kappa shape index (κ3) is 3.97. The van der Waals surface area contributed by atoms with Crippen molar-refractivity contribution in [3.05, 3.63) is 64.1 Å². The van der Waals surface area contributed by atoms with Gasteiger partial charge in [0.1, 0.15) is 29.9 Å². The average molecular weight is 340 g/mol. The van der Waals surface area contributed by atoms with Crippen molar-refractivity contribution < 1.29 is 14.3 Å². The van der Waals surface area contributed by atoms with Gasteiger partial charge < -0.3 is 19.6 Å². The molecule has 25 heavy (non-hydrogen) atoms. The molecule has 0 aliphatic heterocycles. The van der Waals surface area contributed by atoms with Crippen LogP contribution in [0.2, 0.25) is 0 Å². The van der Waals surface area contributed by atoms with Gasteiger partial charge >= 0.3 is 5.63 Å². The fourth-order valence-corrected chi connectivity index (χ4v) is 2.46. The Bertz CT molecular complexity index is 922. The number of ether oxygens (including phenoxy) is 1. The Morgan fingerprint density at radius 3 is 2.84 bits per heavy atom. The van der Waals surface area contributed by atoms with Crippen molar-refractivity contribution in [1.82, 2.24) is 4.98 Å². The second-order valence-corrected chi connectivity index (χ2v) is 5.86. The molecule has 3 aromatic rings. The molecular weight excluding hydrogens is 320 g/mol. The molecule has 2 heterocycles. The first-order valence-electron chi connectivity index (χ1n) is 8.04. The summed E-state index contributed by atoms with van der Waals surface area (Å²) in [6.07, 6.45) is 0.974. The average Bonchev–Trinajstić information content (AvgIpc) is 2.63. The summed E-state index contributed by atoms with van der Waals surface area (Å²) in [5.41, 5.74) is 1.64. The van der Waals surface area contributed by atoms with Crippen LogP contribution in [0.5, 0.6) is 5.75 Å². The number of fused-ring (bicyclic) bond motifs is 1. The standard InChI is InChI=1S/C19H20N2O4/c1-12-13(2)19(23)25-17-9-15(6-7-16(12)17)24-11-14(22)10-21-18-5-3-4-8-20-18/h3-9,14,22H,10-11H2,1-2H3,(H,20,21). The number of benzene rings is 1. The molecule has 1 aromatic carbocycles. The topological polar surface area (TPSA) is 84.6 Å². The van der Waals surface area contributed by atoms with Crippen molar-refractivity contribution in [3.63, 3.8) is 0 Å². The Kier molecular flexibility index (Phi) is 5.00. The molecule has 0 fully saturated rings. The molecule has 0 radical (unpaired) electrons. The molecule has 1 atom stereocenters. The lowest BCUT2D eigenvalue weighted by Crippen LogP contribution is -2.26. The molecule has 6 nitrogen and oxygen atoms in total. The van der Waals surface area contributed by atoms with Crippen LogP contribution >= 0.6 is 0 Å². The number of anilines is 1. The number of hydrogen-bond acceptors (Lipinski definition) is 6. The highest BCUT2D eigenvalue weighted by molar-refractivity contribution is 5.82. The molecule has 2 aromatic heterocycles. The molecule has 2 N–H and O–H groups in total. The molecule has 0 saturated heterocycles. The van der Waals surface area contributed by atoms with Gasteiger partial charge in [0.2, 0.25) is 0 Å². The number of pyridine rings is 1. The predicted octanol–water partition coefficient (Wildman–Crippen LogP) is 2.66. The molecular formula is C19H20N2O4. The van der Waals surface area contributed by atoms with Crippen LogP contribution in [0.4, 0.5) is 5.82 Å². The van der Waals surface area contributed by atoms with Gasteiger partial charge in [-0.3, -0.25) is 0 Å². The maximum atomic E-state index is 11.8. The van der Waals surface area contributed by atoms with E-state index in [-0.39, 0.29) is 12.2 Å². The summed E-state index contributed by atoms with van der Waals surface area (Å²) >= 11 is 0. The molecule has 130 valence electrons. The van der Waals surface area contributed by atoms with E-state index in [1.165, 1.54) is 0 Å². The fraction of sp³-hybridized carbons (Fsp3) is 0.263.